The second kappa shape index (κ2) is 11.1. The molecule has 0 saturated heterocycles. The second-order valence-electron chi connectivity index (χ2n) is 9.24. The van der Waals surface area contributed by atoms with Gasteiger partial charge in [0.25, 0.3) is 5.56 Å². The summed E-state index contributed by atoms with van der Waals surface area (Å²) in [5, 5.41) is 7.42. The monoisotopic (exact) mass is 481 g/mol. The van der Waals surface area contributed by atoms with Gasteiger partial charge < -0.3 is 16.0 Å². The molecule has 0 radical (unpaired) electrons. The van der Waals surface area contributed by atoms with E-state index >= 15 is 0 Å². The molecule has 1 aromatic carbocycles. The van der Waals surface area contributed by atoms with Crippen molar-refractivity contribution in [3.8, 4) is 5.69 Å². The highest BCUT2D eigenvalue weighted by atomic mass is 16.2. The number of nitrogens with zero attached hydrogens (tertiary/aromatic N) is 4. The fourth-order valence-electron chi connectivity index (χ4n) is 3.88. The van der Waals surface area contributed by atoms with Gasteiger partial charge in [-0.25, -0.2) is 9.48 Å². The lowest BCUT2D eigenvalue weighted by Gasteiger charge is -2.26. The number of unbranched alkanes of at least 4 members (excludes halogenated alkanes) is 1. The van der Waals surface area contributed by atoms with Crippen molar-refractivity contribution in [1.82, 2.24) is 19.3 Å². The lowest BCUT2D eigenvalue weighted by atomic mass is 10.2. The Morgan fingerprint density at radius 3 is 2.51 bits per heavy atom. The second-order valence-corrected chi connectivity index (χ2v) is 9.24. The SMILES string of the molecule is CCCCN(CC(=O)Nc1cc(C)nn1-c1ccc(C)cc1)c1c(N)n(CC(C)C)c(=O)[nH]c1=O. The van der Waals surface area contributed by atoms with Crippen LogP contribution in [-0.4, -0.2) is 38.3 Å². The van der Waals surface area contributed by atoms with E-state index in [9.17, 15) is 14.4 Å². The Bertz CT molecular complexity index is 1290. The van der Waals surface area contributed by atoms with Crippen molar-refractivity contribution >= 4 is 23.2 Å². The molecule has 3 rings (SSSR count). The summed E-state index contributed by atoms with van der Waals surface area (Å²) in [6, 6.07) is 9.61. The normalized spacial score (nSPS) is 11.1. The first kappa shape index (κ1) is 25.8. The van der Waals surface area contributed by atoms with Crippen LogP contribution in [0.2, 0.25) is 0 Å². The van der Waals surface area contributed by atoms with E-state index in [-0.39, 0.29) is 29.9 Å². The average Bonchev–Trinajstić information content (AvgIpc) is 3.14. The largest absolute Gasteiger partial charge is 0.383 e. The molecule has 0 saturated carbocycles. The van der Waals surface area contributed by atoms with E-state index in [0.717, 1.165) is 29.8 Å². The van der Waals surface area contributed by atoms with Gasteiger partial charge in [-0.2, -0.15) is 5.10 Å². The number of aryl methyl sites for hydroxylation is 2. The van der Waals surface area contributed by atoms with Crippen LogP contribution >= 0.6 is 0 Å². The summed E-state index contributed by atoms with van der Waals surface area (Å²) < 4.78 is 3.03. The maximum atomic E-state index is 13.1. The lowest BCUT2D eigenvalue weighted by molar-refractivity contribution is -0.115. The third-order valence-electron chi connectivity index (χ3n) is 5.57. The minimum absolute atomic E-state index is 0.0666. The maximum Gasteiger partial charge on any atom is 0.330 e. The molecule has 0 aliphatic heterocycles. The number of H-pyrrole nitrogens is 1. The number of benzene rings is 1. The zero-order valence-electron chi connectivity index (χ0n) is 21.1. The molecule has 1 amide bonds. The van der Waals surface area contributed by atoms with E-state index in [2.05, 4.69) is 15.4 Å². The summed E-state index contributed by atoms with van der Waals surface area (Å²) in [5.41, 5.74) is 7.99. The van der Waals surface area contributed by atoms with Crippen LogP contribution in [0.5, 0.6) is 0 Å². The predicted molar refractivity (Wildman–Crippen MR) is 139 cm³/mol. The molecule has 10 heteroatoms. The summed E-state index contributed by atoms with van der Waals surface area (Å²) in [4.78, 5) is 42.3. The van der Waals surface area contributed by atoms with Crippen molar-refractivity contribution in [2.45, 2.75) is 54.0 Å². The van der Waals surface area contributed by atoms with Crippen molar-refractivity contribution in [3.05, 3.63) is 62.4 Å². The minimum Gasteiger partial charge on any atom is -0.383 e. The molecule has 0 aliphatic carbocycles. The number of aromatic amines is 1. The number of aromatic nitrogens is 4. The van der Waals surface area contributed by atoms with E-state index in [1.54, 1.807) is 15.6 Å². The first-order valence-electron chi connectivity index (χ1n) is 11.9. The zero-order valence-corrected chi connectivity index (χ0v) is 21.1. The van der Waals surface area contributed by atoms with E-state index < -0.39 is 11.2 Å². The van der Waals surface area contributed by atoms with Crippen LogP contribution in [0.4, 0.5) is 17.3 Å². The molecular weight excluding hydrogens is 446 g/mol. The molecule has 0 bridgehead atoms. The molecule has 0 unspecified atom stereocenters. The van der Waals surface area contributed by atoms with Crippen molar-refractivity contribution in [3.63, 3.8) is 0 Å². The highest BCUT2D eigenvalue weighted by Gasteiger charge is 2.22. The molecule has 2 aromatic heterocycles. The molecule has 10 nitrogen and oxygen atoms in total. The molecule has 0 aliphatic rings. The summed E-state index contributed by atoms with van der Waals surface area (Å²) in [5.74, 6) is 0.413. The summed E-state index contributed by atoms with van der Waals surface area (Å²) >= 11 is 0. The molecule has 0 fully saturated rings. The first-order valence-corrected chi connectivity index (χ1v) is 11.9. The quantitative estimate of drug-likeness (QED) is 0.408. The number of nitrogens with two attached hydrogens (primary N) is 1. The van der Waals surface area contributed by atoms with E-state index in [1.807, 2.05) is 58.9 Å². The Morgan fingerprint density at radius 1 is 1.20 bits per heavy atom. The standard InChI is InChI=1S/C25H35N7O3/c1-6-7-12-30(22-23(26)31(14-16(2)3)25(35)28-24(22)34)15-21(33)27-20-13-18(5)29-32(20)19-10-8-17(4)9-11-19/h8-11,13,16H,6-7,12,14-15,26H2,1-5H3,(H,27,33)(H,28,34,35). The summed E-state index contributed by atoms with van der Waals surface area (Å²) in [6.07, 6.45) is 1.61. The van der Waals surface area contributed by atoms with Crippen molar-refractivity contribution < 1.29 is 4.79 Å². The molecule has 188 valence electrons. The Labute approximate surface area is 204 Å². The number of carbonyl (C=O) groups excluding carboxylic acids is 1. The Kier molecular flexibility index (Phi) is 8.16. The van der Waals surface area contributed by atoms with Crippen molar-refractivity contribution in [1.29, 1.82) is 0 Å². The van der Waals surface area contributed by atoms with Crippen LogP contribution in [0, 0.1) is 19.8 Å². The van der Waals surface area contributed by atoms with Crippen LogP contribution in [0.3, 0.4) is 0 Å². The third-order valence-corrected chi connectivity index (χ3v) is 5.57. The van der Waals surface area contributed by atoms with Gasteiger partial charge in [-0.15, -0.1) is 0 Å². The van der Waals surface area contributed by atoms with Gasteiger partial charge >= 0.3 is 5.69 Å². The van der Waals surface area contributed by atoms with E-state index in [0.29, 0.717) is 18.9 Å². The van der Waals surface area contributed by atoms with Gasteiger partial charge in [0.1, 0.15) is 17.3 Å². The van der Waals surface area contributed by atoms with Crippen LogP contribution in [0.15, 0.2) is 39.9 Å². The van der Waals surface area contributed by atoms with Crippen LogP contribution in [0.1, 0.15) is 44.9 Å². The number of hydrogen-bond donors (Lipinski definition) is 3. The fourth-order valence-corrected chi connectivity index (χ4v) is 3.88. The van der Waals surface area contributed by atoms with E-state index in [4.69, 9.17) is 5.73 Å². The maximum absolute atomic E-state index is 13.1. The van der Waals surface area contributed by atoms with Gasteiger partial charge in [0, 0.05) is 19.2 Å². The van der Waals surface area contributed by atoms with Crippen molar-refractivity contribution in [2.75, 3.05) is 29.0 Å². The fraction of sp³-hybridized carbons (Fsp3) is 0.440. The number of nitrogen functional groups attached to an aromatic ring is 1. The Hall–Kier alpha value is -3.82. The van der Waals surface area contributed by atoms with Gasteiger partial charge in [-0.1, -0.05) is 44.9 Å². The number of anilines is 3. The summed E-state index contributed by atoms with van der Waals surface area (Å²) in [7, 11) is 0. The zero-order chi connectivity index (χ0) is 25.7. The van der Waals surface area contributed by atoms with Gasteiger partial charge in [0.15, 0.2) is 0 Å². The first-order chi connectivity index (χ1) is 16.6. The number of hydrogen-bond acceptors (Lipinski definition) is 6. The van der Waals surface area contributed by atoms with Crippen molar-refractivity contribution in [2.24, 2.45) is 5.92 Å². The van der Waals surface area contributed by atoms with Gasteiger partial charge in [-0.05, 0) is 38.3 Å². The highest BCUT2D eigenvalue weighted by molar-refractivity contribution is 5.94. The van der Waals surface area contributed by atoms with Gasteiger partial charge in [-0.3, -0.25) is 19.1 Å². The Morgan fingerprint density at radius 2 is 1.89 bits per heavy atom. The predicted octanol–water partition coefficient (Wildman–Crippen LogP) is 2.82. The van der Waals surface area contributed by atoms with Gasteiger partial charge in [0.2, 0.25) is 5.91 Å². The molecular formula is C25H35N7O3. The molecule has 0 atom stereocenters. The topological polar surface area (TPSA) is 131 Å². The minimum atomic E-state index is -0.600. The van der Waals surface area contributed by atoms with E-state index in [1.165, 1.54) is 4.57 Å². The highest BCUT2D eigenvalue weighted by Crippen LogP contribution is 2.20. The van der Waals surface area contributed by atoms with Crippen LogP contribution in [-0.2, 0) is 11.3 Å². The molecule has 2 heterocycles. The Balaban J connectivity index is 1.91. The molecule has 35 heavy (non-hydrogen) atoms. The number of rotatable bonds is 10. The smallest absolute Gasteiger partial charge is 0.330 e. The molecule has 3 aromatic rings. The number of amides is 1. The van der Waals surface area contributed by atoms with Gasteiger partial charge in [0.05, 0.1) is 17.9 Å². The molecule has 0 spiro atoms. The summed E-state index contributed by atoms with van der Waals surface area (Å²) in [6.45, 7) is 10.5. The average molecular weight is 482 g/mol. The van der Waals surface area contributed by atoms with Crippen LogP contribution < -0.4 is 27.2 Å². The molecule has 4 N–H and O–H groups in total. The lowest BCUT2D eigenvalue weighted by Crippen LogP contribution is -2.42. The third kappa shape index (κ3) is 6.20. The van der Waals surface area contributed by atoms with Crippen LogP contribution in [0.25, 0.3) is 5.69 Å². The number of carbonyl (C=O) groups is 1. The number of nitrogens with one attached hydrogen (secondary N) is 2.